The molecule has 1 aliphatic rings. The van der Waals surface area contributed by atoms with Crippen molar-refractivity contribution in [2.45, 2.75) is 0 Å². The molecule has 0 aliphatic carbocycles. The number of carbonyl (C=O) groups is 4. The molecule has 0 radical (unpaired) electrons. The highest BCUT2D eigenvalue weighted by molar-refractivity contribution is 6.39. The van der Waals surface area contributed by atoms with Gasteiger partial charge in [-0.15, -0.1) is 0 Å². The second-order valence-electron chi connectivity index (χ2n) is 7.69. The summed E-state index contributed by atoms with van der Waals surface area (Å²) < 4.78 is 10.9. The fraction of sp³-hybridized carbons (Fsp3) is 0.0769. The summed E-state index contributed by atoms with van der Waals surface area (Å²) in [5, 5.41) is 14.6. The number of barbiturate groups is 1. The normalized spacial score (nSPS) is 14.4. The summed E-state index contributed by atoms with van der Waals surface area (Å²) in [6, 6.07) is 15.7. The van der Waals surface area contributed by atoms with E-state index in [4.69, 9.17) is 21.1 Å². The molecule has 1 heterocycles. The number of phenols is 1. The zero-order valence-electron chi connectivity index (χ0n) is 19.4. The van der Waals surface area contributed by atoms with Crippen LogP contribution in [0.15, 0.2) is 72.3 Å². The maximum atomic E-state index is 13.1. The van der Waals surface area contributed by atoms with Crippen molar-refractivity contribution in [2.75, 3.05) is 23.9 Å². The molecule has 10 nitrogen and oxygen atoms in total. The van der Waals surface area contributed by atoms with Crippen LogP contribution in [0.1, 0.15) is 5.56 Å². The van der Waals surface area contributed by atoms with Crippen LogP contribution in [0.25, 0.3) is 6.08 Å². The number of nitrogens with one attached hydrogen (secondary N) is 2. The van der Waals surface area contributed by atoms with E-state index in [9.17, 15) is 24.3 Å². The number of para-hydroxylation sites is 2. The molecule has 4 rings (SSSR count). The predicted octanol–water partition coefficient (Wildman–Crippen LogP) is 3.74. The molecular formula is C26H20ClN3O7. The number of halogens is 1. The molecule has 188 valence electrons. The van der Waals surface area contributed by atoms with Crippen molar-refractivity contribution >= 4 is 52.8 Å². The number of hydrogen-bond acceptors (Lipinski definition) is 7. The average Bonchev–Trinajstić information content (AvgIpc) is 2.87. The van der Waals surface area contributed by atoms with Gasteiger partial charge in [-0.2, -0.15) is 0 Å². The van der Waals surface area contributed by atoms with Gasteiger partial charge in [-0.25, -0.2) is 9.69 Å². The molecule has 1 aliphatic heterocycles. The molecule has 5 amide bonds. The Morgan fingerprint density at radius 2 is 1.78 bits per heavy atom. The van der Waals surface area contributed by atoms with Crippen LogP contribution in [-0.4, -0.2) is 42.6 Å². The first-order valence-corrected chi connectivity index (χ1v) is 11.2. The molecule has 0 spiro atoms. The molecule has 0 unspecified atom stereocenters. The second kappa shape index (κ2) is 10.8. The number of methoxy groups -OCH3 is 1. The van der Waals surface area contributed by atoms with E-state index in [1.165, 1.54) is 55.7 Å². The second-order valence-corrected chi connectivity index (χ2v) is 8.13. The molecule has 3 aromatic carbocycles. The lowest BCUT2D eigenvalue weighted by molar-refractivity contribution is -0.122. The van der Waals surface area contributed by atoms with Crippen molar-refractivity contribution in [1.82, 2.24) is 5.32 Å². The molecule has 0 bridgehead atoms. The molecule has 0 atom stereocenters. The predicted molar refractivity (Wildman–Crippen MR) is 136 cm³/mol. The van der Waals surface area contributed by atoms with Crippen LogP contribution < -0.4 is 25.0 Å². The quantitative estimate of drug-likeness (QED) is 0.318. The van der Waals surface area contributed by atoms with Gasteiger partial charge in [-0.3, -0.25) is 19.7 Å². The third-order valence-electron chi connectivity index (χ3n) is 5.22. The maximum Gasteiger partial charge on any atom is 0.335 e. The van der Waals surface area contributed by atoms with Crippen LogP contribution >= 0.6 is 11.6 Å². The number of ether oxygens (including phenoxy) is 2. The summed E-state index contributed by atoms with van der Waals surface area (Å²) in [6.07, 6.45) is 1.22. The average molecular weight is 522 g/mol. The zero-order chi connectivity index (χ0) is 26.5. The van der Waals surface area contributed by atoms with Gasteiger partial charge < -0.3 is 19.9 Å². The summed E-state index contributed by atoms with van der Waals surface area (Å²) in [5.41, 5.74) is 0.476. The zero-order valence-corrected chi connectivity index (χ0v) is 20.1. The third-order valence-corrected chi connectivity index (χ3v) is 5.46. The Labute approximate surface area is 216 Å². The van der Waals surface area contributed by atoms with E-state index in [2.05, 4.69) is 10.6 Å². The SMILES string of the molecule is COc1ccccc1NC(=O)COc1ccc(Cl)cc1/C=C1/C(=O)NC(=O)N(c2ccc(O)cc2)C1=O. The van der Waals surface area contributed by atoms with E-state index in [0.29, 0.717) is 11.4 Å². The van der Waals surface area contributed by atoms with Gasteiger partial charge in [0.25, 0.3) is 17.7 Å². The first-order chi connectivity index (χ1) is 17.8. The Balaban J connectivity index is 1.58. The molecule has 11 heteroatoms. The number of anilines is 2. The molecular weight excluding hydrogens is 502 g/mol. The number of benzene rings is 3. The standard InChI is InChI=1S/C26H20ClN3O7/c1-36-22-5-3-2-4-20(22)28-23(32)14-37-21-11-6-16(27)12-15(21)13-19-24(33)29-26(35)30(25(19)34)17-7-9-18(31)10-8-17/h2-13,31H,14H2,1H3,(H,28,32)(H,29,33,35)/b19-13-. The smallest absolute Gasteiger partial charge is 0.335 e. The monoisotopic (exact) mass is 521 g/mol. The van der Waals surface area contributed by atoms with Crippen molar-refractivity contribution in [3.05, 3.63) is 82.9 Å². The van der Waals surface area contributed by atoms with Gasteiger partial charge in [0, 0.05) is 10.6 Å². The van der Waals surface area contributed by atoms with Crippen LogP contribution in [-0.2, 0) is 14.4 Å². The van der Waals surface area contributed by atoms with Gasteiger partial charge in [0.15, 0.2) is 6.61 Å². The van der Waals surface area contributed by atoms with Gasteiger partial charge in [-0.05, 0) is 60.7 Å². The van der Waals surface area contributed by atoms with Gasteiger partial charge >= 0.3 is 6.03 Å². The fourth-order valence-electron chi connectivity index (χ4n) is 3.49. The number of aromatic hydroxyl groups is 1. The Morgan fingerprint density at radius 1 is 1.05 bits per heavy atom. The number of imide groups is 2. The first-order valence-electron chi connectivity index (χ1n) is 10.8. The summed E-state index contributed by atoms with van der Waals surface area (Å²) >= 11 is 6.12. The van der Waals surface area contributed by atoms with Crippen molar-refractivity contribution in [3.8, 4) is 17.2 Å². The number of phenolic OH excluding ortho intramolecular Hbond substituents is 1. The number of amides is 5. The van der Waals surface area contributed by atoms with Gasteiger partial charge in [0.1, 0.15) is 22.8 Å². The Morgan fingerprint density at radius 3 is 2.51 bits per heavy atom. The van der Waals surface area contributed by atoms with Crippen LogP contribution in [0, 0.1) is 0 Å². The number of rotatable bonds is 7. The lowest BCUT2D eigenvalue weighted by atomic mass is 10.1. The van der Waals surface area contributed by atoms with E-state index in [1.807, 2.05) is 0 Å². The van der Waals surface area contributed by atoms with E-state index in [-0.39, 0.29) is 33.3 Å². The van der Waals surface area contributed by atoms with E-state index >= 15 is 0 Å². The Hall–Kier alpha value is -4.83. The van der Waals surface area contributed by atoms with Crippen LogP contribution in [0.5, 0.6) is 17.2 Å². The minimum Gasteiger partial charge on any atom is -0.508 e. The third kappa shape index (κ3) is 5.71. The molecule has 0 saturated carbocycles. The molecule has 37 heavy (non-hydrogen) atoms. The van der Waals surface area contributed by atoms with E-state index < -0.39 is 30.4 Å². The van der Waals surface area contributed by atoms with Crippen LogP contribution in [0.3, 0.4) is 0 Å². The molecule has 1 fully saturated rings. The number of carbonyl (C=O) groups excluding carboxylic acids is 4. The number of urea groups is 1. The number of hydrogen-bond donors (Lipinski definition) is 3. The van der Waals surface area contributed by atoms with E-state index in [1.54, 1.807) is 24.3 Å². The molecule has 3 N–H and O–H groups in total. The minimum absolute atomic E-state index is 0.0593. The summed E-state index contributed by atoms with van der Waals surface area (Å²) in [6.45, 7) is -0.395. The number of nitrogens with zero attached hydrogens (tertiary/aromatic N) is 1. The Kier molecular flexibility index (Phi) is 7.40. The molecule has 3 aromatic rings. The van der Waals surface area contributed by atoms with Crippen molar-refractivity contribution in [3.63, 3.8) is 0 Å². The van der Waals surface area contributed by atoms with Crippen LogP contribution in [0.2, 0.25) is 5.02 Å². The minimum atomic E-state index is -0.937. The van der Waals surface area contributed by atoms with Gasteiger partial charge in [0.05, 0.1) is 18.5 Å². The summed E-state index contributed by atoms with van der Waals surface area (Å²) in [5.74, 6) is -1.70. The van der Waals surface area contributed by atoms with Gasteiger partial charge in [0.2, 0.25) is 0 Å². The van der Waals surface area contributed by atoms with Crippen LogP contribution in [0.4, 0.5) is 16.2 Å². The first kappa shape index (κ1) is 25.3. The summed E-state index contributed by atoms with van der Waals surface area (Å²) in [7, 11) is 1.48. The maximum absolute atomic E-state index is 13.1. The molecule has 1 saturated heterocycles. The highest BCUT2D eigenvalue weighted by Gasteiger charge is 2.37. The topological polar surface area (TPSA) is 134 Å². The Bertz CT molecular complexity index is 1420. The molecule has 0 aromatic heterocycles. The highest BCUT2D eigenvalue weighted by Crippen LogP contribution is 2.29. The van der Waals surface area contributed by atoms with Crippen molar-refractivity contribution < 1.29 is 33.8 Å². The fourth-order valence-corrected chi connectivity index (χ4v) is 3.67. The lowest BCUT2D eigenvalue weighted by Crippen LogP contribution is -2.54. The summed E-state index contributed by atoms with van der Waals surface area (Å²) in [4.78, 5) is 51.3. The van der Waals surface area contributed by atoms with Crippen molar-refractivity contribution in [1.29, 1.82) is 0 Å². The largest absolute Gasteiger partial charge is 0.508 e. The van der Waals surface area contributed by atoms with E-state index in [0.717, 1.165) is 4.90 Å². The van der Waals surface area contributed by atoms with Crippen molar-refractivity contribution in [2.24, 2.45) is 0 Å². The highest BCUT2D eigenvalue weighted by atomic mass is 35.5. The lowest BCUT2D eigenvalue weighted by Gasteiger charge is -2.26. The van der Waals surface area contributed by atoms with Gasteiger partial charge in [-0.1, -0.05) is 23.7 Å².